The number of aromatic nitrogens is 3. The number of aryl methyl sites for hydroxylation is 1. The Balaban J connectivity index is 1.73. The fourth-order valence-electron chi connectivity index (χ4n) is 3.07. The molecule has 0 aliphatic carbocycles. The van der Waals surface area contributed by atoms with Gasteiger partial charge in [-0.3, -0.25) is 19.1 Å². The number of nitrogens with zero attached hydrogens (tertiary/aromatic N) is 4. The highest BCUT2D eigenvalue weighted by Crippen LogP contribution is 2.33. The molecule has 4 rings (SSSR count). The molecule has 0 fully saturated rings. The van der Waals surface area contributed by atoms with Gasteiger partial charge in [0.2, 0.25) is 5.91 Å². The van der Waals surface area contributed by atoms with E-state index in [2.05, 4.69) is 9.97 Å². The van der Waals surface area contributed by atoms with Gasteiger partial charge >= 0.3 is 0 Å². The molecule has 0 saturated heterocycles. The van der Waals surface area contributed by atoms with Gasteiger partial charge in [0.05, 0.1) is 22.6 Å². The number of carbonyl (C=O) groups is 1. The van der Waals surface area contributed by atoms with Gasteiger partial charge in [0.25, 0.3) is 5.56 Å². The molecule has 0 bridgehead atoms. The third-order valence-electron chi connectivity index (χ3n) is 4.89. The van der Waals surface area contributed by atoms with E-state index in [4.69, 9.17) is 11.6 Å². The second kappa shape index (κ2) is 8.38. The second-order valence-electron chi connectivity index (χ2n) is 6.94. The van der Waals surface area contributed by atoms with E-state index in [0.29, 0.717) is 33.5 Å². The van der Waals surface area contributed by atoms with Crippen molar-refractivity contribution >= 4 is 44.2 Å². The Labute approximate surface area is 182 Å². The summed E-state index contributed by atoms with van der Waals surface area (Å²) >= 11 is 7.68. The fraction of sp³-hybridized carbons (Fsp3) is 0.182. The molecule has 6 nitrogen and oxygen atoms in total. The summed E-state index contributed by atoms with van der Waals surface area (Å²) in [6.45, 7) is 3.70. The normalized spacial score (nSPS) is 11.0. The fourth-order valence-corrected chi connectivity index (χ4v) is 4.35. The van der Waals surface area contributed by atoms with Crippen molar-refractivity contribution < 1.29 is 4.79 Å². The average Bonchev–Trinajstić information content (AvgIpc) is 3.18. The van der Waals surface area contributed by atoms with Gasteiger partial charge < -0.3 is 0 Å². The van der Waals surface area contributed by atoms with Gasteiger partial charge in [0.15, 0.2) is 5.13 Å². The van der Waals surface area contributed by atoms with Crippen LogP contribution in [0.15, 0.2) is 59.7 Å². The second-order valence-corrected chi connectivity index (χ2v) is 8.35. The first kappa shape index (κ1) is 20.3. The van der Waals surface area contributed by atoms with Crippen molar-refractivity contribution in [2.24, 2.45) is 0 Å². The van der Waals surface area contributed by atoms with E-state index < -0.39 is 0 Å². The predicted octanol–water partition coefficient (Wildman–Crippen LogP) is 4.36. The molecule has 30 heavy (non-hydrogen) atoms. The minimum Gasteiger partial charge on any atom is -0.289 e. The quantitative estimate of drug-likeness (QED) is 0.464. The molecule has 2 aromatic carbocycles. The lowest BCUT2D eigenvalue weighted by Gasteiger charge is -2.20. The molecule has 2 heterocycles. The van der Waals surface area contributed by atoms with Crippen molar-refractivity contribution in [3.63, 3.8) is 0 Å². The van der Waals surface area contributed by atoms with Crippen molar-refractivity contribution in [3.05, 3.63) is 87.1 Å². The molecule has 152 valence electrons. The lowest BCUT2D eigenvalue weighted by atomic mass is 10.2. The summed E-state index contributed by atoms with van der Waals surface area (Å²) in [4.78, 5) is 36.3. The van der Waals surface area contributed by atoms with E-state index in [9.17, 15) is 9.59 Å². The summed E-state index contributed by atoms with van der Waals surface area (Å²) in [7, 11) is 0. The summed E-state index contributed by atoms with van der Waals surface area (Å²) < 4.78 is 2.23. The smallest absolute Gasteiger partial charge is 0.256 e. The van der Waals surface area contributed by atoms with Crippen molar-refractivity contribution in [2.75, 3.05) is 4.90 Å². The first-order valence-corrected chi connectivity index (χ1v) is 10.6. The Bertz CT molecular complexity index is 1280. The van der Waals surface area contributed by atoms with Crippen LogP contribution in [0.1, 0.15) is 16.8 Å². The molecule has 0 aliphatic rings. The number of rotatable bonds is 5. The number of carbonyl (C=O) groups excluding carboxylic acids is 1. The Morgan fingerprint density at radius 2 is 1.90 bits per heavy atom. The minimum atomic E-state index is -0.249. The third-order valence-corrected chi connectivity index (χ3v) is 6.24. The van der Waals surface area contributed by atoms with Crippen molar-refractivity contribution in [1.29, 1.82) is 0 Å². The number of amides is 1. The van der Waals surface area contributed by atoms with Gasteiger partial charge in [-0.05, 0) is 31.5 Å². The predicted molar refractivity (Wildman–Crippen MR) is 120 cm³/mol. The zero-order valence-corrected chi connectivity index (χ0v) is 18.1. The maximum atomic E-state index is 13.3. The maximum absolute atomic E-state index is 13.3. The number of fused-ring (bicyclic) bond motifs is 1. The number of hydrogen-bond donors (Lipinski definition) is 0. The number of para-hydroxylation sites is 1. The van der Waals surface area contributed by atoms with Gasteiger partial charge in [-0.25, -0.2) is 9.97 Å². The van der Waals surface area contributed by atoms with E-state index in [1.54, 1.807) is 24.8 Å². The highest BCUT2D eigenvalue weighted by atomic mass is 35.5. The number of benzene rings is 2. The van der Waals surface area contributed by atoms with E-state index in [1.165, 1.54) is 22.2 Å². The minimum absolute atomic E-state index is 0.122. The lowest BCUT2D eigenvalue weighted by Crippen LogP contribution is -2.37. The van der Waals surface area contributed by atoms with E-state index in [1.807, 2.05) is 42.5 Å². The van der Waals surface area contributed by atoms with Gasteiger partial charge in [-0.1, -0.05) is 59.3 Å². The van der Waals surface area contributed by atoms with Crippen LogP contribution >= 0.6 is 22.9 Å². The van der Waals surface area contributed by atoms with Crippen molar-refractivity contribution in [1.82, 2.24) is 14.5 Å². The van der Waals surface area contributed by atoms with Gasteiger partial charge in [-0.15, -0.1) is 0 Å². The SMILES string of the molecule is Cc1ncn(CC(=O)N(Cc2ccccc2)c2nc3c(Cl)cccc3s2)c(=O)c1C. The molecule has 0 N–H and O–H groups in total. The molecule has 0 saturated carbocycles. The molecule has 0 spiro atoms. The summed E-state index contributed by atoms with van der Waals surface area (Å²) in [5.41, 5.74) is 2.59. The van der Waals surface area contributed by atoms with Crippen LogP contribution in [0, 0.1) is 13.8 Å². The molecule has 0 aliphatic heterocycles. The Morgan fingerprint density at radius 1 is 1.13 bits per heavy atom. The van der Waals surface area contributed by atoms with Crippen LogP contribution in [0.4, 0.5) is 5.13 Å². The number of thiazole rings is 1. The number of halogens is 1. The zero-order chi connectivity index (χ0) is 21.3. The molecule has 1 amide bonds. The van der Waals surface area contributed by atoms with Gasteiger partial charge in [-0.2, -0.15) is 0 Å². The molecule has 0 unspecified atom stereocenters. The van der Waals surface area contributed by atoms with Crippen LogP contribution in [0.2, 0.25) is 5.02 Å². The van der Waals surface area contributed by atoms with Crippen LogP contribution in [0.25, 0.3) is 10.2 Å². The number of anilines is 1. The van der Waals surface area contributed by atoms with Crippen molar-refractivity contribution in [2.45, 2.75) is 26.9 Å². The first-order valence-electron chi connectivity index (χ1n) is 9.36. The van der Waals surface area contributed by atoms with Crippen LogP contribution in [0.3, 0.4) is 0 Å². The molecular formula is C22H19ClN4O2S. The van der Waals surface area contributed by atoms with Gasteiger partial charge in [0, 0.05) is 11.3 Å². The molecule has 0 radical (unpaired) electrons. The summed E-state index contributed by atoms with van der Waals surface area (Å²) in [5.74, 6) is -0.249. The largest absolute Gasteiger partial charge is 0.289 e. The summed E-state index contributed by atoms with van der Waals surface area (Å²) in [6.07, 6.45) is 1.42. The molecule has 8 heteroatoms. The highest BCUT2D eigenvalue weighted by molar-refractivity contribution is 7.22. The maximum Gasteiger partial charge on any atom is 0.256 e. The van der Waals surface area contributed by atoms with Crippen molar-refractivity contribution in [3.8, 4) is 0 Å². The lowest BCUT2D eigenvalue weighted by molar-refractivity contribution is -0.119. The molecular weight excluding hydrogens is 420 g/mol. The first-order chi connectivity index (χ1) is 14.4. The molecule has 4 aromatic rings. The van der Waals surface area contributed by atoms with Crippen LogP contribution in [0.5, 0.6) is 0 Å². The average molecular weight is 439 g/mol. The Hall–Kier alpha value is -3.03. The zero-order valence-electron chi connectivity index (χ0n) is 16.5. The standard InChI is InChI=1S/C22H19ClN4O2S/c1-14-15(2)24-13-26(21(14)29)12-19(28)27(11-16-7-4-3-5-8-16)22-25-20-17(23)9-6-10-18(20)30-22/h3-10,13H,11-12H2,1-2H3. The van der Waals surface area contributed by atoms with E-state index in [0.717, 1.165) is 10.3 Å². The molecule has 0 atom stereocenters. The highest BCUT2D eigenvalue weighted by Gasteiger charge is 2.22. The third kappa shape index (κ3) is 3.99. The van der Waals surface area contributed by atoms with E-state index in [-0.39, 0.29) is 18.0 Å². The van der Waals surface area contributed by atoms with Crippen LogP contribution < -0.4 is 10.5 Å². The Kier molecular flexibility index (Phi) is 5.65. The Morgan fingerprint density at radius 3 is 2.63 bits per heavy atom. The van der Waals surface area contributed by atoms with Crippen LogP contribution in [-0.4, -0.2) is 20.4 Å². The monoisotopic (exact) mass is 438 g/mol. The molecule has 2 aromatic heterocycles. The summed E-state index contributed by atoms with van der Waals surface area (Å²) in [5, 5.41) is 1.08. The summed E-state index contributed by atoms with van der Waals surface area (Å²) in [6, 6.07) is 15.2. The van der Waals surface area contributed by atoms with E-state index >= 15 is 0 Å². The topological polar surface area (TPSA) is 68.1 Å². The number of hydrogen-bond acceptors (Lipinski definition) is 5. The van der Waals surface area contributed by atoms with Gasteiger partial charge in [0.1, 0.15) is 12.1 Å². The van der Waals surface area contributed by atoms with Crippen LogP contribution in [-0.2, 0) is 17.9 Å².